The number of anilines is 1. The number of aromatic nitrogens is 1. The standard InChI is InChI=1S/C16H16N4O4S.Na.H/c21-13(20-16-17-6-7-25-16)10(8-9-4-2-1-3-5-9)18-14(22)11-12(19-11)15(23)24;;/h1-7,10-12,19H,8H2,(H,18,22)(H,23,24)(H,17,20,21);;/q;+1;-1/t10-,11-,12-;;/m0../s1. The van der Waals surface area contributed by atoms with Crippen molar-refractivity contribution >= 4 is 34.3 Å². The number of nitrogens with zero attached hydrogens (tertiary/aromatic N) is 1. The van der Waals surface area contributed by atoms with Crippen LogP contribution in [0.1, 0.15) is 6.99 Å². The molecular formula is C16H17N4NaO4S. The molecule has 1 aromatic heterocycles. The summed E-state index contributed by atoms with van der Waals surface area (Å²) in [6, 6.07) is 6.69. The molecular weight excluding hydrogens is 367 g/mol. The largest absolute Gasteiger partial charge is 1.00 e. The molecule has 3 rings (SSSR count). The monoisotopic (exact) mass is 384 g/mol. The number of nitrogens with one attached hydrogen (secondary N) is 3. The number of thiazole rings is 1. The van der Waals surface area contributed by atoms with Gasteiger partial charge in [-0.1, -0.05) is 30.3 Å². The number of aliphatic carboxylic acids is 1. The summed E-state index contributed by atoms with van der Waals surface area (Å²) >= 11 is 1.27. The third-order valence-electron chi connectivity index (χ3n) is 3.71. The summed E-state index contributed by atoms with van der Waals surface area (Å²) in [5.41, 5.74) is 0.876. The second-order valence-corrected chi connectivity index (χ2v) is 6.43. The first-order chi connectivity index (χ1) is 12.0. The zero-order valence-corrected chi connectivity index (χ0v) is 16.8. The van der Waals surface area contributed by atoms with Gasteiger partial charge < -0.3 is 17.2 Å². The number of amides is 2. The fourth-order valence-corrected chi connectivity index (χ4v) is 2.91. The van der Waals surface area contributed by atoms with E-state index < -0.39 is 35.9 Å². The maximum absolute atomic E-state index is 12.5. The molecule has 1 aliphatic heterocycles. The van der Waals surface area contributed by atoms with E-state index in [1.54, 1.807) is 11.6 Å². The van der Waals surface area contributed by atoms with Crippen LogP contribution < -0.4 is 45.5 Å². The molecule has 0 bridgehead atoms. The maximum atomic E-state index is 12.5. The van der Waals surface area contributed by atoms with Crippen molar-refractivity contribution in [1.82, 2.24) is 15.6 Å². The van der Waals surface area contributed by atoms with Crippen molar-refractivity contribution < 1.29 is 50.5 Å². The minimum Gasteiger partial charge on any atom is -1.00 e. The Balaban J connectivity index is 0.00000182. The number of benzene rings is 1. The molecule has 3 atom stereocenters. The number of hydrogen-bond donors (Lipinski definition) is 4. The molecule has 1 aliphatic rings. The van der Waals surface area contributed by atoms with E-state index in [1.807, 2.05) is 30.3 Å². The molecule has 2 aromatic rings. The predicted octanol–water partition coefficient (Wildman–Crippen LogP) is -2.65. The topological polar surface area (TPSA) is 130 Å². The molecule has 0 radical (unpaired) electrons. The average molecular weight is 384 g/mol. The van der Waals surface area contributed by atoms with Crippen molar-refractivity contribution in [3.8, 4) is 0 Å². The molecule has 132 valence electrons. The molecule has 0 unspecified atom stereocenters. The first-order valence-corrected chi connectivity index (χ1v) is 8.46. The van der Waals surface area contributed by atoms with E-state index in [0.717, 1.165) is 5.56 Å². The van der Waals surface area contributed by atoms with E-state index >= 15 is 0 Å². The van der Waals surface area contributed by atoms with Gasteiger partial charge in [-0.2, -0.15) is 0 Å². The number of carboxylic acids is 1. The van der Waals surface area contributed by atoms with Gasteiger partial charge in [0, 0.05) is 18.0 Å². The minimum absolute atomic E-state index is 0. The van der Waals surface area contributed by atoms with Gasteiger partial charge in [0.1, 0.15) is 18.1 Å². The first-order valence-electron chi connectivity index (χ1n) is 7.58. The van der Waals surface area contributed by atoms with E-state index in [1.165, 1.54) is 11.3 Å². The van der Waals surface area contributed by atoms with E-state index in [9.17, 15) is 14.4 Å². The van der Waals surface area contributed by atoms with Crippen LogP contribution in [0.5, 0.6) is 0 Å². The molecule has 0 saturated carbocycles. The van der Waals surface area contributed by atoms with Gasteiger partial charge in [-0.3, -0.25) is 19.7 Å². The average Bonchev–Trinajstić information content (AvgIpc) is 3.26. The van der Waals surface area contributed by atoms with Gasteiger partial charge >= 0.3 is 35.5 Å². The Labute approximate surface area is 177 Å². The van der Waals surface area contributed by atoms with Crippen molar-refractivity contribution in [1.29, 1.82) is 0 Å². The summed E-state index contributed by atoms with van der Waals surface area (Å²) in [7, 11) is 0. The van der Waals surface area contributed by atoms with Gasteiger partial charge in [0.05, 0.1) is 0 Å². The van der Waals surface area contributed by atoms with Crippen molar-refractivity contribution in [2.45, 2.75) is 24.5 Å². The Kier molecular flexibility index (Phi) is 7.30. The number of carboxylic acid groups (broad SMARTS) is 1. The van der Waals surface area contributed by atoms with Crippen LogP contribution >= 0.6 is 11.3 Å². The van der Waals surface area contributed by atoms with Crippen molar-refractivity contribution in [2.24, 2.45) is 0 Å². The molecule has 26 heavy (non-hydrogen) atoms. The van der Waals surface area contributed by atoms with Crippen LogP contribution in [0.15, 0.2) is 41.9 Å². The maximum Gasteiger partial charge on any atom is 1.00 e. The Morgan fingerprint density at radius 1 is 1.27 bits per heavy atom. The summed E-state index contributed by atoms with van der Waals surface area (Å²) in [5, 5.41) is 18.9. The fourth-order valence-electron chi connectivity index (χ4n) is 2.38. The number of carbonyl (C=O) groups is 3. The van der Waals surface area contributed by atoms with Gasteiger partial charge in [-0.15, -0.1) is 11.3 Å². The number of hydrogen-bond acceptors (Lipinski definition) is 6. The number of rotatable bonds is 7. The molecule has 0 spiro atoms. The van der Waals surface area contributed by atoms with Crippen LogP contribution in [-0.4, -0.2) is 46.0 Å². The summed E-state index contributed by atoms with van der Waals surface area (Å²) in [4.78, 5) is 39.6. The Bertz CT molecular complexity index is 778. The Morgan fingerprint density at radius 2 is 2.00 bits per heavy atom. The van der Waals surface area contributed by atoms with Crippen LogP contribution in [0, 0.1) is 0 Å². The predicted molar refractivity (Wildman–Crippen MR) is 92.3 cm³/mol. The zero-order chi connectivity index (χ0) is 17.8. The minimum atomic E-state index is -1.09. The normalized spacial score (nSPS) is 18.9. The fraction of sp³-hybridized carbons (Fsp3) is 0.250. The van der Waals surface area contributed by atoms with Gasteiger partial charge in [0.2, 0.25) is 11.8 Å². The molecule has 1 aromatic carbocycles. The first kappa shape index (κ1) is 20.5. The quantitative estimate of drug-likeness (QED) is 0.305. The molecule has 10 heteroatoms. The molecule has 2 amide bonds. The third kappa shape index (κ3) is 5.36. The van der Waals surface area contributed by atoms with Gasteiger partial charge in [0.15, 0.2) is 5.13 Å². The second-order valence-electron chi connectivity index (χ2n) is 5.54. The molecule has 0 aliphatic carbocycles. The van der Waals surface area contributed by atoms with Crippen LogP contribution in [0.25, 0.3) is 0 Å². The summed E-state index contributed by atoms with van der Waals surface area (Å²) < 4.78 is 0. The van der Waals surface area contributed by atoms with Gasteiger partial charge in [0.25, 0.3) is 0 Å². The van der Waals surface area contributed by atoms with E-state index in [0.29, 0.717) is 5.13 Å². The van der Waals surface area contributed by atoms with Gasteiger partial charge in [-0.25, -0.2) is 4.98 Å². The summed E-state index contributed by atoms with van der Waals surface area (Å²) in [6.07, 6.45) is 1.85. The van der Waals surface area contributed by atoms with Crippen molar-refractivity contribution in [3.05, 3.63) is 47.5 Å². The van der Waals surface area contributed by atoms with Crippen LogP contribution in [0.3, 0.4) is 0 Å². The van der Waals surface area contributed by atoms with Crippen LogP contribution in [0.2, 0.25) is 0 Å². The smallest absolute Gasteiger partial charge is 1.00 e. The molecule has 1 fully saturated rings. The van der Waals surface area contributed by atoms with E-state index in [4.69, 9.17) is 5.11 Å². The third-order valence-corrected chi connectivity index (χ3v) is 4.40. The van der Waals surface area contributed by atoms with E-state index in [-0.39, 0.29) is 37.4 Å². The second kappa shape index (κ2) is 9.24. The molecule has 8 nitrogen and oxygen atoms in total. The summed E-state index contributed by atoms with van der Waals surface area (Å²) in [6.45, 7) is 0. The van der Waals surface area contributed by atoms with Crippen LogP contribution in [0.4, 0.5) is 5.13 Å². The SMILES string of the molecule is O=C(Nc1nccs1)[C@H](Cc1ccccc1)NC(=O)[C@H]1N[C@@H]1C(=O)O.[H-].[Na+]. The Hall–Kier alpha value is -1.78. The number of carbonyl (C=O) groups excluding carboxylic acids is 2. The Morgan fingerprint density at radius 3 is 2.58 bits per heavy atom. The van der Waals surface area contributed by atoms with Crippen LogP contribution in [-0.2, 0) is 20.8 Å². The van der Waals surface area contributed by atoms with Crippen molar-refractivity contribution in [3.63, 3.8) is 0 Å². The molecule has 1 saturated heterocycles. The van der Waals surface area contributed by atoms with Crippen molar-refractivity contribution in [2.75, 3.05) is 5.32 Å². The van der Waals surface area contributed by atoms with Gasteiger partial charge in [-0.05, 0) is 5.56 Å². The zero-order valence-electron chi connectivity index (χ0n) is 15.0. The molecule has 2 heterocycles. The van der Waals surface area contributed by atoms with E-state index in [2.05, 4.69) is 20.9 Å². The molecule has 4 N–H and O–H groups in total. The summed E-state index contributed by atoms with van der Waals surface area (Å²) in [5.74, 6) is -2.01.